The highest BCUT2D eigenvalue weighted by Gasteiger charge is 2.22. The van der Waals surface area contributed by atoms with Crippen molar-refractivity contribution in [3.05, 3.63) is 24.0 Å². The number of nitrogens with one attached hydrogen (secondary N) is 1. The maximum absolute atomic E-state index is 13.7. The molecule has 1 atom stereocenters. The van der Waals surface area contributed by atoms with Crippen LogP contribution >= 0.6 is 0 Å². The molecular formula is C14H20FN3O3. The van der Waals surface area contributed by atoms with Gasteiger partial charge in [-0.2, -0.15) is 0 Å². The van der Waals surface area contributed by atoms with Gasteiger partial charge in [-0.3, -0.25) is 4.79 Å². The molecule has 0 saturated heterocycles. The van der Waals surface area contributed by atoms with Crippen LogP contribution in [0.15, 0.2) is 23.4 Å². The number of amides is 1. The van der Waals surface area contributed by atoms with Gasteiger partial charge in [0, 0.05) is 11.8 Å². The zero-order chi connectivity index (χ0) is 15.8. The lowest BCUT2D eigenvalue weighted by Gasteiger charge is -2.15. The van der Waals surface area contributed by atoms with E-state index in [2.05, 4.69) is 10.5 Å². The molecule has 1 aromatic rings. The van der Waals surface area contributed by atoms with Crippen LogP contribution in [-0.2, 0) is 4.79 Å². The molecule has 1 aromatic carbocycles. The topological polar surface area (TPSA) is 96.9 Å². The van der Waals surface area contributed by atoms with Gasteiger partial charge in [-0.1, -0.05) is 18.5 Å². The molecule has 0 heterocycles. The highest BCUT2D eigenvalue weighted by molar-refractivity contribution is 6.07. The number of carbonyl (C=O) groups is 1. The maximum atomic E-state index is 13.7. The van der Waals surface area contributed by atoms with Gasteiger partial charge in [-0.15, -0.1) is 0 Å². The van der Waals surface area contributed by atoms with Crippen molar-refractivity contribution in [1.29, 1.82) is 0 Å². The van der Waals surface area contributed by atoms with E-state index in [1.54, 1.807) is 6.92 Å². The molecule has 0 aliphatic rings. The van der Waals surface area contributed by atoms with Gasteiger partial charge in [0.05, 0.1) is 12.5 Å². The second-order valence-corrected chi connectivity index (χ2v) is 4.43. The van der Waals surface area contributed by atoms with Crippen LogP contribution in [0.3, 0.4) is 0 Å². The zero-order valence-electron chi connectivity index (χ0n) is 12.1. The average Bonchev–Trinajstić information content (AvgIpc) is 2.46. The van der Waals surface area contributed by atoms with Crippen LogP contribution in [0, 0.1) is 11.7 Å². The standard InChI is InChI=1S/C14H20FN3O3/c1-3-5-10(13(16)18-20)14(19)17-9-6-7-12(21-4-2)11(15)8-9/h6-8,10,20H,3-5H2,1-2H3,(H2,16,18)(H,17,19). The van der Waals surface area contributed by atoms with Crippen LogP contribution in [0.1, 0.15) is 26.7 Å². The van der Waals surface area contributed by atoms with E-state index in [1.165, 1.54) is 12.1 Å². The van der Waals surface area contributed by atoms with E-state index in [0.717, 1.165) is 6.07 Å². The van der Waals surface area contributed by atoms with Crippen LogP contribution in [0.5, 0.6) is 5.75 Å². The van der Waals surface area contributed by atoms with Gasteiger partial charge >= 0.3 is 0 Å². The number of halogens is 1. The number of carbonyl (C=O) groups excluding carboxylic acids is 1. The summed E-state index contributed by atoms with van der Waals surface area (Å²) in [5, 5.41) is 14.1. The Morgan fingerprint density at radius 1 is 1.52 bits per heavy atom. The highest BCUT2D eigenvalue weighted by Crippen LogP contribution is 2.22. The van der Waals surface area contributed by atoms with Crippen molar-refractivity contribution in [2.45, 2.75) is 26.7 Å². The number of rotatable bonds is 7. The van der Waals surface area contributed by atoms with Crippen LogP contribution in [0.2, 0.25) is 0 Å². The molecule has 1 amide bonds. The fourth-order valence-electron chi connectivity index (χ4n) is 1.85. The number of benzene rings is 1. The Hall–Kier alpha value is -2.31. The summed E-state index contributed by atoms with van der Waals surface area (Å²) in [7, 11) is 0. The number of nitrogens with two attached hydrogens (primary N) is 1. The van der Waals surface area contributed by atoms with Crippen molar-refractivity contribution < 1.29 is 19.1 Å². The lowest BCUT2D eigenvalue weighted by atomic mass is 10.0. The molecule has 6 nitrogen and oxygen atoms in total. The van der Waals surface area contributed by atoms with Crippen LogP contribution in [0.4, 0.5) is 10.1 Å². The number of anilines is 1. The first-order valence-corrected chi connectivity index (χ1v) is 6.74. The van der Waals surface area contributed by atoms with Gasteiger partial charge in [0.25, 0.3) is 0 Å². The van der Waals surface area contributed by atoms with Crippen molar-refractivity contribution in [3.8, 4) is 5.75 Å². The first kappa shape index (κ1) is 16.7. The average molecular weight is 297 g/mol. The number of ether oxygens (including phenoxy) is 1. The first-order valence-electron chi connectivity index (χ1n) is 6.74. The Morgan fingerprint density at radius 3 is 2.76 bits per heavy atom. The fraction of sp³-hybridized carbons (Fsp3) is 0.429. The number of hydrogen-bond acceptors (Lipinski definition) is 4. The third kappa shape index (κ3) is 4.62. The number of oxime groups is 1. The largest absolute Gasteiger partial charge is 0.491 e. The molecule has 0 aromatic heterocycles. The molecule has 0 fully saturated rings. The Bertz CT molecular complexity index is 520. The molecule has 4 N–H and O–H groups in total. The molecule has 0 spiro atoms. The van der Waals surface area contributed by atoms with Gasteiger partial charge in [0.15, 0.2) is 17.4 Å². The van der Waals surface area contributed by atoms with Crippen molar-refractivity contribution in [2.24, 2.45) is 16.8 Å². The minimum atomic E-state index is -0.755. The molecule has 1 rings (SSSR count). The van der Waals surface area contributed by atoms with Gasteiger partial charge in [-0.25, -0.2) is 4.39 Å². The van der Waals surface area contributed by atoms with Crippen molar-refractivity contribution in [2.75, 3.05) is 11.9 Å². The lowest BCUT2D eigenvalue weighted by molar-refractivity contribution is -0.118. The molecule has 0 bridgehead atoms. The summed E-state index contributed by atoms with van der Waals surface area (Å²) in [6, 6.07) is 4.13. The highest BCUT2D eigenvalue weighted by atomic mass is 19.1. The van der Waals surface area contributed by atoms with Crippen molar-refractivity contribution in [1.82, 2.24) is 0 Å². The quantitative estimate of drug-likeness (QED) is 0.311. The smallest absolute Gasteiger partial charge is 0.235 e. The van der Waals surface area contributed by atoms with Gasteiger partial charge in [0.2, 0.25) is 5.91 Å². The Labute approximate surface area is 122 Å². The summed E-state index contributed by atoms with van der Waals surface area (Å²) in [6.45, 7) is 3.98. The predicted molar refractivity (Wildman–Crippen MR) is 78.0 cm³/mol. The van der Waals surface area contributed by atoms with E-state index in [9.17, 15) is 9.18 Å². The molecule has 116 valence electrons. The molecule has 0 aliphatic heterocycles. The molecule has 0 radical (unpaired) electrons. The van der Waals surface area contributed by atoms with E-state index in [0.29, 0.717) is 19.4 Å². The molecule has 1 unspecified atom stereocenters. The summed E-state index contributed by atoms with van der Waals surface area (Å²) in [6.07, 6.45) is 1.12. The summed E-state index contributed by atoms with van der Waals surface area (Å²) >= 11 is 0. The Morgan fingerprint density at radius 2 is 2.24 bits per heavy atom. The molecule has 0 aliphatic carbocycles. The minimum absolute atomic E-state index is 0.122. The summed E-state index contributed by atoms with van der Waals surface area (Å²) in [4.78, 5) is 12.1. The molecule has 0 saturated carbocycles. The third-order valence-electron chi connectivity index (χ3n) is 2.87. The Kier molecular flexibility index (Phi) is 6.45. The summed E-state index contributed by atoms with van der Waals surface area (Å²) in [5.41, 5.74) is 5.78. The van der Waals surface area contributed by atoms with E-state index >= 15 is 0 Å². The number of nitrogens with zero attached hydrogens (tertiary/aromatic N) is 1. The van der Waals surface area contributed by atoms with Gasteiger partial charge < -0.3 is 21.0 Å². The summed E-state index contributed by atoms with van der Waals surface area (Å²) < 4.78 is 18.8. The lowest BCUT2D eigenvalue weighted by Crippen LogP contribution is -2.34. The fourth-order valence-corrected chi connectivity index (χ4v) is 1.85. The molecule has 21 heavy (non-hydrogen) atoms. The van der Waals surface area contributed by atoms with Crippen LogP contribution in [-0.4, -0.2) is 23.6 Å². The van der Waals surface area contributed by atoms with Crippen LogP contribution in [0.25, 0.3) is 0 Å². The monoisotopic (exact) mass is 297 g/mol. The second kappa shape index (κ2) is 8.08. The SMILES string of the molecule is CCCC(C(=O)Nc1ccc(OCC)c(F)c1)/C(N)=N/O. The van der Waals surface area contributed by atoms with Crippen molar-refractivity contribution >= 4 is 17.4 Å². The number of hydrogen-bond donors (Lipinski definition) is 3. The summed E-state index contributed by atoms with van der Waals surface area (Å²) in [5.74, 6) is -1.81. The number of amidine groups is 1. The first-order chi connectivity index (χ1) is 10.0. The van der Waals surface area contributed by atoms with Gasteiger partial charge in [0.1, 0.15) is 0 Å². The second-order valence-electron chi connectivity index (χ2n) is 4.43. The minimum Gasteiger partial charge on any atom is -0.491 e. The Balaban J connectivity index is 2.84. The van der Waals surface area contributed by atoms with Crippen LogP contribution < -0.4 is 15.8 Å². The maximum Gasteiger partial charge on any atom is 0.235 e. The molecule has 7 heteroatoms. The van der Waals surface area contributed by atoms with E-state index in [4.69, 9.17) is 15.7 Å². The molecular weight excluding hydrogens is 277 g/mol. The third-order valence-corrected chi connectivity index (χ3v) is 2.87. The van der Waals surface area contributed by atoms with E-state index in [1.807, 2.05) is 6.92 Å². The van der Waals surface area contributed by atoms with E-state index < -0.39 is 17.6 Å². The zero-order valence-corrected chi connectivity index (χ0v) is 12.1. The van der Waals surface area contributed by atoms with E-state index in [-0.39, 0.29) is 17.3 Å². The van der Waals surface area contributed by atoms with Crippen molar-refractivity contribution in [3.63, 3.8) is 0 Å². The van der Waals surface area contributed by atoms with Gasteiger partial charge in [-0.05, 0) is 25.5 Å². The predicted octanol–water partition coefficient (Wildman–Crippen LogP) is 2.33. The normalized spacial score (nSPS) is 12.8.